The molecule has 0 bridgehead atoms. The Morgan fingerprint density at radius 3 is 2.38 bits per heavy atom. The largest absolute Gasteiger partial charge is 0.494 e. The van der Waals surface area contributed by atoms with E-state index >= 15 is 0 Å². The molecule has 0 aliphatic carbocycles. The number of benzene rings is 2. The number of aryl methyl sites for hydroxylation is 1. The zero-order valence-corrected chi connectivity index (χ0v) is 16.0. The lowest BCUT2D eigenvalue weighted by Gasteiger charge is -2.32. The van der Waals surface area contributed by atoms with Gasteiger partial charge in [-0.3, -0.25) is 0 Å². The van der Waals surface area contributed by atoms with Crippen LogP contribution in [0, 0.1) is 0 Å². The lowest BCUT2D eigenvalue weighted by atomic mass is 10.1. The molecule has 1 aliphatic heterocycles. The van der Waals surface area contributed by atoms with Crippen molar-refractivity contribution in [2.45, 2.75) is 31.3 Å². The highest BCUT2D eigenvalue weighted by Gasteiger charge is 2.31. The normalized spacial score (nSPS) is 18.6. The molecule has 0 N–H and O–H groups in total. The third-order valence-corrected chi connectivity index (χ3v) is 6.44. The van der Waals surface area contributed by atoms with Gasteiger partial charge in [-0.05, 0) is 48.7 Å². The minimum absolute atomic E-state index is 0.243. The monoisotopic (exact) mass is 375 g/mol. The van der Waals surface area contributed by atoms with Crippen LogP contribution in [0.25, 0.3) is 0 Å². The molecule has 5 nitrogen and oxygen atoms in total. The Labute approximate surface area is 155 Å². The SMILES string of the molecule is CCOc1ccc(S(=O)(=O)N2CCOC(c3ccc(CC)cc3)C2)cc1. The number of hydrogen-bond acceptors (Lipinski definition) is 4. The van der Waals surface area contributed by atoms with Crippen LogP contribution in [0.2, 0.25) is 0 Å². The maximum Gasteiger partial charge on any atom is 0.243 e. The fraction of sp³-hybridized carbons (Fsp3) is 0.400. The Hall–Kier alpha value is -1.89. The van der Waals surface area contributed by atoms with E-state index in [2.05, 4.69) is 19.1 Å². The summed E-state index contributed by atoms with van der Waals surface area (Å²) in [6.45, 7) is 5.62. The highest BCUT2D eigenvalue weighted by molar-refractivity contribution is 7.89. The number of hydrogen-bond donors (Lipinski definition) is 0. The van der Waals surface area contributed by atoms with E-state index in [0.717, 1.165) is 12.0 Å². The van der Waals surface area contributed by atoms with Crippen molar-refractivity contribution in [1.29, 1.82) is 0 Å². The standard InChI is InChI=1S/C20H25NO4S/c1-3-16-5-7-17(8-6-16)20-15-21(13-14-25-20)26(22,23)19-11-9-18(10-12-19)24-4-2/h5-12,20H,3-4,13-15H2,1-2H3. The molecule has 3 rings (SSSR count). The summed E-state index contributed by atoms with van der Waals surface area (Å²) in [5.41, 5.74) is 2.26. The Kier molecular flexibility index (Phi) is 5.96. The van der Waals surface area contributed by atoms with Crippen LogP contribution < -0.4 is 4.74 Å². The zero-order valence-electron chi connectivity index (χ0n) is 15.2. The van der Waals surface area contributed by atoms with Crippen molar-refractivity contribution in [1.82, 2.24) is 4.31 Å². The van der Waals surface area contributed by atoms with Crippen LogP contribution >= 0.6 is 0 Å². The van der Waals surface area contributed by atoms with Gasteiger partial charge in [-0.25, -0.2) is 8.42 Å². The first kappa shape index (κ1) is 18.9. The molecule has 1 atom stereocenters. The predicted octanol–water partition coefficient (Wildman–Crippen LogP) is 3.41. The van der Waals surface area contributed by atoms with Crippen molar-refractivity contribution in [3.63, 3.8) is 0 Å². The quantitative estimate of drug-likeness (QED) is 0.776. The summed E-state index contributed by atoms with van der Waals surface area (Å²) in [5, 5.41) is 0. The molecule has 26 heavy (non-hydrogen) atoms. The molecule has 1 saturated heterocycles. The molecule has 1 heterocycles. The van der Waals surface area contributed by atoms with Gasteiger partial charge in [-0.15, -0.1) is 0 Å². The van der Waals surface area contributed by atoms with Gasteiger partial charge in [0, 0.05) is 13.1 Å². The number of morpholine rings is 1. The van der Waals surface area contributed by atoms with Crippen LogP contribution in [0.3, 0.4) is 0 Å². The summed E-state index contributed by atoms with van der Waals surface area (Å²) in [4.78, 5) is 0.280. The summed E-state index contributed by atoms with van der Waals surface area (Å²) < 4.78 is 38.6. The second kappa shape index (κ2) is 8.20. The first-order valence-corrected chi connectivity index (χ1v) is 10.4. The van der Waals surface area contributed by atoms with Crippen LogP contribution in [0.5, 0.6) is 5.75 Å². The van der Waals surface area contributed by atoms with Gasteiger partial charge >= 0.3 is 0 Å². The molecule has 1 aliphatic rings. The molecule has 140 valence electrons. The van der Waals surface area contributed by atoms with Gasteiger partial charge in [-0.2, -0.15) is 4.31 Å². The molecular formula is C20H25NO4S. The molecular weight excluding hydrogens is 350 g/mol. The van der Waals surface area contributed by atoms with E-state index in [1.54, 1.807) is 24.3 Å². The van der Waals surface area contributed by atoms with E-state index in [4.69, 9.17) is 9.47 Å². The maximum absolute atomic E-state index is 13.0. The topological polar surface area (TPSA) is 55.8 Å². The van der Waals surface area contributed by atoms with Gasteiger partial charge in [0.05, 0.1) is 24.2 Å². The molecule has 0 saturated carbocycles. The zero-order chi connectivity index (χ0) is 18.6. The van der Waals surface area contributed by atoms with Crippen LogP contribution in [-0.2, 0) is 21.2 Å². The van der Waals surface area contributed by atoms with Gasteiger partial charge < -0.3 is 9.47 Å². The Morgan fingerprint density at radius 2 is 1.77 bits per heavy atom. The Balaban J connectivity index is 1.76. The minimum atomic E-state index is -3.55. The molecule has 1 fully saturated rings. The number of nitrogens with zero attached hydrogens (tertiary/aromatic N) is 1. The van der Waals surface area contributed by atoms with Crippen molar-refractivity contribution in [3.8, 4) is 5.75 Å². The second-order valence-corrected chi connectivity index (χ2v) is 8.16. The summed E-state index contributed by atoms with van der Waals surface area (Å²) >= 11 is 0. The first-order valence-electron chi connectivity index (χ1n) is 8.98. The molecule has 1 unspecified atom stereocenters. The molecule has 0 aromatic heterocycles. The van der Waals surface area contributed by atoms with Gasteiger partial charge in [0.25, 0.3) is 0 Å². The molecule has 2 aromatic carbocycles. The van der Waals surface area contributed by atoms with Gasteiger partial charge in [-0.1, -0.05) is 31.2 Å². The molecule has 6 heteroatoms. The highest BCUT2D eigenvalue weighted by atomic mass is 32.2. The number of ether oxygens (including phenoxy) is 2. The Bertz CT molecular complexity index is 816. The van der Waals surface area contributed by atoms with Crippen molar-refractivity contribution >= 4 is 10.0 Å². The highest BCUT2D eigenvalue weighted by Crippen LogP contribution is 2.27. The van der Waals surface area contributed by atoms with Crippen molar-refractivity contribution < 1.29 is 17.9 Å². The average molecular weight is 375 g/mol. The van der Waals surface area contributed by atoms with E-state index < -0.39 is 10.0 Å². The van der Waals surface area contributed by atoms with Gasteiger partial charge in [0.1, 0.15) is 5.75 Å². The first-order chi connectivity index (χ1) is 12.5. The Morgan fingerprint density at radius 1 is 1.08 bits per heavy atom. The molecule has 2 aromatic rings. The molecule has 0 radical (unpaired) electrons. The van der Waals surface area contributed by atoms with Crippen LogP contribution in [0.4, 0.5) is 0 Å². The van der Waals surface area contributed by atoms with Crippen molar-refractivity contribution in [2.24, 2.45) is 0 Å². The van der Waals surface area contributed by atoms with Crippen molar-refractivity contribution in [3.05, 3.63) is 59.7 Å². The van der Waals surface area contributed by atoms with E-state index in [-0.39, 0.29) is 11.0 Å². The second-order valence-electron chi connectivity index (χ2n) is 6.22. The fourth-order valence-electron chi connectivity index (χ4n) is 3.04. The van der Waals surface area contributed by atoms with Crippen LogP contribution in [0.1, 0.15) is 31.1 Å². The van der Waals surface area contributed by atoms with E-state index in [9.17, 15) is 8.42 Å². The van der Waals surface area contributed by atoms with Gasteiger partial charge in [0.15, 0.2) is 0 Å². The summed E-state index contributed by atoms with van der Waals surface area (Å²) in [6, 6.07) is 14.8. The summed E-state index contributed by atoms with van der Waals surface area (Å²) in [5.74, 6) is 0.669. The molecule has 0 spiro atoms. The van der Waals surface area contributed by atoms with E-state index in [1.807, 2.05) is 19.1 Å². The minimum Gasteiger partial charge on any atom is -0.494 e. The van der Waals surface area contributed by atoms with Crippen molar-refractivity contribution in [2.75, 3.05) is 26.3 Å². The summed E-state index contributed by atoms with van der Waals surface area (Å²) in [7, 11) is -3.55. The van der Waals surface area contributed by atoms with E-state index in [0.29, 0.717) is 32.1 Å². The third kappa shape index (κ3) is 4.09. The summed E-state index contributed by atoms with van der Waals surface area (Å²) in [6.07, 6.45) is 0.733. The maximum atomic E-state index is 13.0. The lowest BCUT2D eigenvalue weighted by molar-refractivity contribution is -0.00256. The number of sulfonamides is 1. The predicted molar refractivity (Wildman–Crippen MR) is 101 cm³/mol. The van der Waals surface area contributed by atoms with E-state index in [1.165, 1.54) is 9.87 Å². The number of rotatable bonds is 6. The van der Waals surface area contributed by atoms with Crippen LogP contribution in [-0.4, -0.2) is 39.0 Å². The average Bonchev–Trinajstić information content (AvgIpc) is 2.69. The smallest absolute Gasteiger partial charge is 0.243 e. The fourth-order valence-corrected chi connectivity index (χ4v) is 4.46. The van der Waals surface area contributed by atoms with Gasteiger partial charge in [0.2, 0.25) is 10.0 Å². The van der Waals surface area contributed by atoms with Crippen LogP contribution in [0.15, 0.2) is 53.4 Å². The lowest BCUT2D eigenvalue weighted by Crippen LogP contribution is -2.42. The third-order valence-electron chi connectivity index (χ3n) is 4.56. The molecule has 0 amide bonds.